The maximum absolute atomic E-state index is 12.7. The van der Waals surface area contributed by atoms with Crippen molar-refractivity contribution in [2.75, 3.05) is 13.2 Å². The Morgan fingerprint density at radius 2 is 1.37 bits per heavy atom. The molecule has 16 heteroatoms. The first kappa shape index (κ1) is 30.9. The van der Waals surface area contributed by atoms with Gasteiger partial charge in [0.05, 0.1) is 13.2 Å². The van der Waals surface area contributed by atoms with E-state index in [-0.39, 0.29) is 28.0 Å². The molecule has 234 valence electrons. The molecule has 5 rings (SSSR count). The number of benzene rings is 2. The van der Waals surface area contributed by atoms with E-state index in [9.17, 15) is 55.9 Å². The van der Waals surface area contributed by atoms with Crippen LogP contribution >= 0.6 is 0 Å². The molecule has 0 bridgehead atoms. The molecule has 3 heterocycles. The number of aromatic hydroxyl groups is 3. The van der Waals surface area contributed by atoms with Gasteiger partial charge in [-0.2, -0.15) is 0 Å². The van der Waals surface area contributed by atoms with E-state index >= 15 is 0 Å². The van der Waals surface area contributed by atoms with Crippen LogP contribution in [0.5, 0.6) is 23.0 Å². The third kappa shape index (κ3) is 5.85. The van der Waals surface area contributed by atoms with Crippen LogP contribution in [-0.4, -0.2) is 126 Å². The van der Waals surface area contributed by atoms with Gasteiger partial charge in [0.1, 0.15) is 77.1 Å². The SMILES string of the molecule is O=c1cc(-c2ccc(O)c(O)c2)oc2cc(O[C@H]3O[C@@H](CO)[C@@H](O[C@@H]4O[C@@H](CO)[C@H](O)[C@@H](O)[C@@H]4O)[C@@H](O)[C@@H]3O)cc(O)c12. The normalized spacial score (nSPS) is 33.0. The molecule has 2 aliphatic heterocycles. The van der Waals surface area contributed by atoms with Gasteiger partial charge in [-0.25, -0.2) is 0 Å². The van der Waals surface area contributed by atoms with Crippen LogP contribution in [0.4, 0.5) is 0 Å². The number of hydrogen-bond acceptors (Lipinski definition) is 16. The summed E-state index contributed by atoms with van der Waals surface area (Å²) in [4.78, 5) is 12.7. The molecule has 0 saturated carbocycles. The molecule has 2 fully saturated rings. The summed E-state index contributed by atoms with van der Waals surface area (Å²) in [5.74, 6) is -1.64. The number of hydrogen-bond donors (Lipinski definition) is 10. The summed E-state index contributed by atoms with van der Waals surface area (Å²) in [6, 6.07) is 7.01. The van der Waals surface area contributed by atoms with Crippen LogP contribution in [0.1, 0.15) is 0 Å². The molecular weight excluding hydrogens is 580 g/mol. The molecule has 0 spiro atoms. The second-order valence-electron chi connectivity index (χ2n) is 10.1. The average molecular weight is 611 g/mol. The van der Waals surface area contributed by atoms with Gasteiger partial charge < -0.3 is 74.4 Å². The predicted octanol–water partition coefficient (Wildman–Crippen LogP) is -2.42. The molecule has 43 heavy (non-hydrogen) atoms. The number of aliphatic hydroxyl groups excluding tert-OH is 7. The monoisotopic (exact) mass is 610 g/mol. The molecule has 10 N–H and O–H groups in total. The van der Waals surface area contributed by atoms with Crippen molar-refractivity contribution in [2.24, 2.45) is 0 Å². The first-order valence-electron chi connectivity index (χ1n) is 13.0. The van der Waals surface area contributed by atoms with E-state index in [0.717, 1.165) is 18.2 Å². The summed E-state index contributed by atoms with van der Waals surface area (Å²) < 4.78 is 27.7. The fraction of sp³-hybridized carbons (Fsp3) is 0.444. The quantitative estimate of drug-likeness (QED) is 0.125. The summed E-state index contributed by atoms with van der Waals surface area (Å²) in [7, 11) is 0. The number of ether oxygens (including phenoxy) is 4. The summed E-state index contributed by atoms with van der Waals surface area (Å²) in [6.07, 6.45) is -16.7. The molecule has 0 unspecified atom stereocenters. The number of phenols is 3. The largest absolute Gasteiger partial charge is 0.507 e. The topological polar surface area (TPSA) is 269 Å². The maximum Gasteiger partial charge on any atom is 0.229 e. The smallest absolute Gasteiger partial charge is 0.229 e. The van der Waals surface area contributed by atoms with E-state index in [4.69, 9.17) is 23.4 Å². The lowest BCUT2D eigenvalue weighted by molar-refractivity contribution is -0.352. The minimum absolute atomic E-state index is 0.0257. The summed E-state index contributed by atoms with van der Waals surface area (Å²) in [5, 5.41) is 101. The fourth-order valence-electron chi connectivity index (χ4n) is 4.92. The lowest BCUT2D eigenvalue weighted by Crippen LogP contribution is -2.65. The highest BCUT2D eigenvalue weighted by atomic mass is 16.7. The number of fused-ring (bicyclic) bond motifs is 1. The van der Waals surface area contributed by atoms with Crippen LogP contribution in [0.3, 0.4) is 0 Å². The highest BCUT2D eigenvalue weighted by molar-refractivity contribution is 5.86. The third-order valence-corrected chi connectivity index (χ3v) is 7.26. The summed E-state index contributed by atoms with van der Waals surface area (Å²) >= 11 is 0. The highest BCUT2D eigenvalue weighted by Crippen LogP contribution is 2.36. The van der Waals surface area contributed by atoms with Gasteiger partial charge in [-0.05, 0) is 18.2 Å². The van der Waals surface area contributed by atoms with E-state index in [1.165, 1.54) is 18.2 Å². The molecule has 0 aliphatic carbocycles. The Morgan fingerprint density at radius 1 is 0.698 bits per heavy atom. The zero-order valence-electron chi connectivity index (χ0n) is 22.1. The Hall–Kier alpha value is -3.55. The molecule has 10 atom stereocenters. The molecular formula is C27H30O16. The third-order valence-electron chi connectivity index (χ3n) is 7.26. The van der Waals surface area contributed by atoms with E-state index in [1.807, 2.05) is 0 Å². The molecule has 0 radical (unpaired) electrons. The van der Waals surface area contributed by atoms with Crippen LogP contribution in [0.2, 0.25) is 0 Å². The van der Waals surface area contributed by atoms with Crippen molar-refractivity contribution >= 4 is 11.0 Å². The van der Waals surface area contributed by atoms with Crippen molar-refractivity contribution in [1.29, 1.82) is 0 Å². The molecule has 2 aliphatic rings. The number of aliphatic hydroxyl groups is 7. The van der Waals surface area contributed by atoms with Gasteiger partial charge in [-0.15, -0.1) is 0 Å². The van der Waals surface area contributed by atoms with E-state index in [0.29, 0.717) is 0 Å². The molecule has 2 aromatic carbocycles. The standard InChI is InChI=1S/C27H30O16/c28-7-17-20(34)21(35)23(37)27(41-17)43-25-18(8-29)42-26(24(38)22(25)36)39-10-4-13(32)19-14(33)6-15(40-16(19)5-10)9-1-2-11(30)12(31)3-9/h1-6,17-18,20-32,34-38H,7-8H2/t17-,18-,20-,21+,22-,23-,24-,25+,26-,27-/m0/s1. The fourth-order valence-corrected chi connectivity index (χ4v) is 4.92. The Balaban J connectivity index is 1.38. The summed E-state index contributed by atoms with van der Waals surface area (Å²) in [6.45, 7) is -1.54. The Labute approximate surface area is 241 Å². The van der Waals surface area contributed by atoms with Crippen molar-refractivity contribution in [3.8, 4) is 34.3 Å². The van der Waals surface area contributed by atoms with Crippen molar-refractivity contribution in [3.05, 3.63) is 46.6 Å². The van der Waals surface area contributed by atoms with Gasteiger partial charge in [0.25, 0.3) is 0 Å². The van der Waals surface area contributed by atoms with Crippen molar-refractivity contribution < 1.29 is 74.4 Å². The zero-order valence-corrected chi connectivity index (χ0v) is 22.1. The first-order chi connectivity index (χ1) is 20.4. The lowest BCUT2D eigenvalue weighted by atomic mass is 9.97. The van der Waals surface area contributed by atoms with Crippen molar-refractivity contribution in [1.82, 2.24) is 0 Å². The number of phenolic OH excluding ortho intramolecular Hbond substituents is 3. The Morgan fingerprint density at radius 3 is 2.05 bits per heavy atom. The van der Waals surface area contributed by atoms with Gasteiger partial charge >= 0.3 is 0 Å². The predicted molar refractivity (Wildman–Crippen MR) is 140 cm³/mol. The van der Waals surface area contributed by atoms with Crippen LogP contribution in [-0.2, 0) is 14.2 Å². The summed E-state index contributed by atoms with van der Waals surface area (Å²) in [5.41, 5.74) is -0.588. The maximum atomic E-state index is 12.7. The van der Waals surface area contributed by atoms with Gasteiger partial charge in [0.2, 0.25) is 6.29 Å². The van der Waals surface area contributed by atoms with Crippen LogP contribution in [0, 0.1) is 0 Å². The Kier molecular flexibility index (Phi) is 8.77. The molecule has 1 aromatic heterocycles. The average Bonchev–Trinajstić information content (AvgIpc) is 2.97. The van der Waals surface area contributed by atoms with E-state index in [2.05, 4.69) is 0 Å². The second-order valence-corrected chi connectivity index (χ2v) is 10.1. The van der Waals surface area contributed by atoms with Crippen molar-refractivity contribution in [3.63, 3.8) is 0 Å². The number of rotatable bonds is 7. The lowest BCUT2D eigenvalue weighted by Gasteiger charge is -2.45. The zero-order chi connectivity index (χ0) is 31.2. The minimum Gasteiger partial charge on any atom is -0.507 e. The van der Waals surface area contributed by atoms with Crippen LogP contribution in [0.15, 0.2) is 45.6 Å². The molecule has 16 nitrogen and oxygen atoms in total. The minimum atomic E-state index is -1.87. The van der Waals surface area contributed by atoms with Gasteiger partial charge in [-0.1, -0.05) is 0 Å². The van der Waals surface area contributed by atoms with Gasteiger partial charge in [0, 0.05) is 23.8 Å². The molecule has 3 aromatic rings. The van der Waals surface area contributed by atoms with Crippen LogP contribution in [0.25, 0.3) is 22.3 Å². The molecule has 0 amide bonds. The second kappa shape index (κ2) is 12.2. The van der Waals surface area contributed by atoms with E-state index in [1.54, 1.807) is 0 Å². The van der Waals surface area contributed by atoms with Gasteiger partial charge in [-0.3, -0.25) is 4.79 Å². The Bertz CT molecular complexity index is 1500. The highest BCUT2D eigenvalue weighted by Gasteiger charge is 2.51. The van der Waals surface area contributed by atoms with Crippen molar-refractivity contribution in [2.45, 2.75) is 61.4 Å². The van der Waals surface area contributed by atoms with Gasteiger partial charge in [0.15, 0.2) is 23.2 Å². The van der Waals surface area contributed by atoms with E-state index < -0.39 is 97.3 Å². The van der Waals surface area contributed by atoms with Crippen LogP contribution < -0.4 is 10.2 Å². The molecule has 2 saturated heterocycles. The first-order valence-corrected chi connectivity index (χ1v) is 13.0.